The summed E-state index contributed by atoms with van der Waals surface area (Å²) in [6, 6.07) is 40.8. The molecule has 178 valence electrons. The molecule has 0 saturated carbocycles. The average Bonchev–Trinajstić information content (AvgIpc) is 3.39. The van der Waals surface area contributed by atoms with Crippen molar-refractivity contribution in [3.8, 4) is 11.1 Å². The molecular weight excluding hydrogens is 558 g/mol. The van der Waals surface area contributed by atoms with Crippen molar-refractivity contribution in [2.24, 2.45) is 0 Å². The second-order valence-electron chi connectivity index (χ2n) is 9.46. The van der Waals surface area contributed by atoms with Crippen molar-refractivity contribution in [2.45, 2.75) is 23.9 Å². The first kappa shape index (κ1) is 26.7. The number of halogens is 2. The monoisotopic (exact) mass is 584 g/mol. The van der Waals surface area contributed by atoms with Crippen molar-refractivity contribution in [1.82, 2.24) is 0 Å². The van der Waals surface area contributed by atoms with Crippen LogP contribution in [-0.4, -0.2) is 3.21 Å². The molecule has 4 aromatic rings. The van der Waals surface area contributed by atoms with Gasteiger partial charge in [0.25, 0.3) is 0 Å². The van der Waals surface area contributed by atoms with Crippen LogP contribution in [0.3, 0.4) is 0 Å². The second-order valence-corrected chi connectivity index (χ2v) is 15.6. The SMILES string of the molecule is CC1=CC(C)=[C]([Zr+2](=[C](c2ccccc2)c2ccccc2)[CH]2c3ccccc3-c3ccccc32)C1.[Cl-].[Cl-]. The zero-order valence-corrected chi connectivity index (χ0v) is 24.5. The van der Waals surface area contributed by atoms with Gasteiger partial charge in [-0.3, -0.25) is 0 Å². The van der Waals surface area contributed by atoms with Gasteiger partial charge in [-0.1, -0.05) is 0 Å². The Morgan fingerprint density at radius 3 is 1.50 bits per heavy atom. The Labute approximate surface area is 234 Å². The zero-order chi connectivity index (χ0) is 23.1. The third-order valence-electron chi connectivity index (χ3n) is 7.24. The Bertz CT molecular complexity index is 1390. The molecule has 2 aliphatic rings. The molecule has 0 radical (unpaired) electrons. The molecule has 0 heterocycles. The van der Waals surface area contributed by atoms with E-state index in [0.29, 0.717) is 3.63 Å². The van der Waals surface area contributed by atoms with Gasteiger partial charge in [-0.25, -0.2) is 0 Å². The summed E-state index contributed by atoms with van der Waals surface area (Å²) in [5, 5.41) is 0. The van der Waals surface area contributed by atoms with E-state index in [1.165, 1.54) is 44.5 Å². The number of hydrogen-bond acceptors (Lipinski definition) is 0. The minimum atomic E-state index is -2.56. The first-order valence-corrected chi connectivity index (χ1v) is 16.0. The predicted octanol–water partition coefficient (Wildman–Crippen LogP) is 2.28. The zero-order valence-electron chi connectivity index (χ0n) is 20.5. The van der Waals surface area contributed by atoms with Crippen molar-refractivity contribution >= 4 is 3.21 Å². The Balaban J connectivity index is 0.00000152. The molecule has 4 aromatic carbocycles. The van der Waals surface area contributed by atoms with Crippen LogP contribution >= 0.6 is 0 Å². The van der Waals surface area contributed by atoms with Gasteiger partial charge in [-0.05, 0) is 0 Å². The van der Waals surface area contributed by atoms with Crippen LogP contribution in [0.2, 0.25) is 0 Å². The summed E-state index contributed by atoms with van der Waals surface area (Å²) in [6.07, 6.45) is 3.57. The summed E-state index contributed by atoms with van der Waals surface area (Å²) >= 11 is -2.56. The van der Waals surface area contributed by atoms with E-state index in [9.17, 15) is 0 Å². The predicted molar refractivity (Wildman–Crippen MR) is 141 cm³/mol. The van der Waals surface area contributed by atoms with Gasteiger partial charge in [0.05, 0.1) is 0 Å². The van der Waals surface area contributed by atoms with E-state index in [1.54, 1.807) is 6.49 Å². The fourth-order valence-electron chi connectivity index (χ4n) is 5.86. The minimum absolute atomic E-state index is 0. The van der Waals surface area contributed by atoms with Crippen molar-refractivity contribution in [3.63, 3.8) is 0 Å². The molecule has 3 heteroatoms. The Morgan fingerprint density at radius 2 is 1.06 bits per heavy atom. The van der Waals surface area contributed by atoms with Gasteiger partial charge < -0.3 is 24.8 Å². The number of rotatable bonds is 4. The van der Waals surface area contributed by atoms with Crippen LogP contribution in [0, 0.1) is 0 Å². The third-order valence-corrected chi connectivity index (χ3v) is 15.9. The molecule has 0 amide bonds. The first-order chi connectivity index (χ1) is 16.7. The van der Waals surface area contributed by atoms with Crippen LogP contribution in [-0.2, 0) is 21.3 Å². The number of fused-ring (bicyclic) bond motifs is 3. The van der Waals surface area contributed by atoms with Crippen LogP contribution < -0.4 is 24.8 Å². The maximum absolute atomic E-state index is 2.56. The molecule has 0 nitrogen and oxygen atoms in total. The Hall–Kier alpha value is -2.31. The molecule has 6 rings (SSSR count). The summed E-state index contributed by atoms with van der Waals surface area (Å²) in [4.78, 5) is 0. The average molecular weight is 587 g/mol. The minimum Gasteiger partial charge on any atom is -1.00 e. The summed E-state index contributed by atoms with van der Waals surface area (Å²) in [7, 11) is 0. The summed E-state index contributed by atoms with van der Waals surface area (Å²) in [5.41, 5.74) is 11.7. The van der Waals surface area contributed by atoms with E-state index in [0.717, 1.165) is 6.42 Å². The van der Waals surface area contributed by atoms with Crippen LogP contribution in [0.1, 0.15) is 46.1 Å². The summed E-state index contributed by atoms with van der Waals surface area (Å²) in [5.74, 6) is 0. The van der Waals surface area contributed by atoms with Crippen LogP contribution in [0.15, 0.2) is 130 Å². The normalized spacial score (nSPS) is 13.5. The molecule has 0 N–H and O–H groups in total. The van der Waals surface area contributed by atoms with Crippen LogP contribution in [0.5, 0.6) is 0 Å². The van der Waals surface area contributed by atoms with E-state index in [-0.39, 0.29) is 24.8 Å². The number of benzene rings is 4. The standard InChI is InChI=1S/C13H9.C13H10.C7H9.2ClH.Zr/c1-3-7-12-10(5-1)9-11-6-2-4-8-13(11)12;1-3-7-12(8-4-1)11-13-9-5-2-6-10-13;1-6-3-4-7(2)5-6;;;/h1-9H;1-10H;5H,3H2,1-2H3;2*1H;/q;;;;;+2/p-2. The molecule has 0 saturated heterocycles. The molecule has 2 aliphatic carbocycles. The molecule has 36 heavy (non-hydrogen) atoms. The molecular formula is C33H28Cl2Zr. The van der Waals surface area contributed by atoms with Crippen LogP contribution in [0.25, 0.3) is 11.1 Å². The third kappa shape index (κ3) is 4.70. The maximum atomic E-state index is 2.44. The molecule has 0 aliphatic heterocycles. The molecule has 0 fully saturated rings. The fraction of sp³-hybridized carbons (Fsp3) is 0.121. The van der Waals surface area contributed by atoms with Crippen molar-refractivity contribution in [2.75, 3.05) is 0 Å². The van der Waals surface area contributed by atoms with E-state index in [2.05, 4.69) is 129 Å². The van der Waals surface area contributed by atoms with Gasteiger partial charge in [-0.15, -0.1) is 0 Å². The van der Waals surface area contributed by atoms with Gasteiger partial charge in [0.15, 0.2) is 0 Å². The molecule has 0 spiro atoms. The van der Waals surface area contributed by atoms with E-state index in [4.69, 9.17) is 0 Å². The van der Waals surface area contributed by atoms with Gasteiger partial charge in [-0.2, -0.15) is 0 Å². The molecule has 0 atom stereocenters. The largest absolute Gasteiger partial charge is 1.00 e. The number of allylic oxidation sites excluding steroid dienone is 4. The molecule has 0 bridgehead atoms. The smallest absolute Gasteiger partial charge is 1.00 e. The van der Waals surface area contributed by atoms with Crippen molar-refractivity contribution in [3.05, 3.63) is 152 Å². The topological polar surface area (TPSA) is 0 Å². The molecule has 0 aromatic heterocycles. The second kappa shape index (κ2) is 11.4. The summed E-state index contributed by atoms with van der Waals surface area (Å²) in [6.45, 7) is 4.66. The Morgan fingerprint density at radius 1 is 0.611 bits per heavy atom. The fourth-order valence-corrected chi connectivity index (χ4v) is 15.7. The summed E-state index contributed by atoms with van der Waals surface area (Å²) < 4.78 is 3.85. The van der Waals surface area contributed by atoms with E-state index < -0.39 is 21.3 Å². The maximum Gasteiger partial charge on any atom is -1.00 e. The van der Waals surface area contributed by atoms with Gasteiger partial charge in [0.2, 0.25) is 0 Å². The van der Waals surface area contributed by atoms with Crippen molar-refractivity contribution < 1.29 is 46.1 Å². The molecule has 0 unspecified atom stereocenters. The Kier molecular flexibility index (Phi) is 8.46. The van der Waals surface area contributed by atoms with Crippen LogP contribution in [0.4, 0.5) is 0 Å². The van der Waals surface area contributed by atoms with E-state index >= 15 is 0 Å². The van der Waals surface area contributed by atoms with Gasteiger partial charge in [0.1, 0.15) is 0 Å². The number of hydrogen-bond donors (Lipinski definition) is 0. The first-order valence-electron chi connectivity index (χ1n) is 12.1. The quantitative estimate of drug-likeness (QED) is 0.345. The van der Waals surface area contributed by atoms with Gasteiger partial charge in [0, 0.05) is 0 Å². The van der Waals surface area contributed by atoms with E-state index in [1.807, 2.05) is 0 Å². The van der Waals surface area contributed by atoms with Gasteiger partial charge >= 0.3 is 211 Å². The van der Waals surface area contributed by atoms with Crippen molar-refractivity contribution in [1.29, 1.82) is 0 Å².